The normalized spacial score (nSPS) is 18.0. The van der Waals surface area contributed by atoms with Crippen LogP contribution >= 0.6 is 0 Å². The average molecular weight is 377 g/mol. The smallest absolute Gasteiger partial charge is 0.248 e. The molecule has 8 heteroatoms. The van der Waals surface area contributed by atoms with Crippen LogP contribution in [0.15, 0.2) is 29.3 Å². The molecule has 1 atom stereocenters. The Morgan fingerprint density at radius 2 is 2.11 bits per heavy atom. The van der Waals surface area contributed by atoms with Gasteiger partial charge in [-0.15, -0.1) is 0 Å². The van der Waals surface area contributed by atoms with E-state index >= 15 is 0 Å². The Bertz CT molecular complexity index is 642. The number of aliphatic hydroxyl groups is 1. The van der Waals surface area contributed by atoms with Crippen LogP contribution in [0.1, 0.15) is 29.8 Å². The zero-order valence-corrected chi connectivity index (χ0v) is 16.2. The van der Waals surface area contributed by atoms with Gasteiger partial charge in [0.05, 0.1) is 25.4 Å². The number of amides is 1. The molecule has 0 radical (unpaired) electrons. The Kier molecular flexibility index (Phi) is 8.02. The van der Waals surface area contributed by atoms with Gasteiger partial charge in [0.25, 0.3) is 0 Å². The van der Waals surface area contributed by atoms with E-state index in [0.717, 1.165) is 18.7 Å². The van der Waals surface area contributed by atoms with Gasteiger partial charge in [-0.3, -0.25) is 9.69 Å². The third kappa shape index (κ3) is 7.54. The summed E-state index contributed by atoms with van der Waals surface area (Å²) in [6, 6.07) is 7.11. The second-order valence-electron chi connectivity index (χ2n) is 7.00. The molecule has 0 bridgehead atoms. The Balaban J connectivity index is 1.92. The first kappa shape index (κ1) is 21.1. The van der Waals surface area contributed by atoms with Crippen LogP contribution < -0.4 is 16.4 Å². The largest absolute Gasteiger partial charge is 0.387 e. The molecule has 1 heterocycles. The number of carbonyl (C=O) groups excluding carboxylic acids is 1. The van der Waals surface area contributed by atoms with E-state index < -0.39 is 11.5 Å². The molecule has 0 spiro atoms. The molecular weight excluding hydrogens is 346 g/mol. The maximum Gasteiger partial charge on any atom is 0.248 e. The molecule has 1 fully saturated rings. The highest BCUT2D eigenvalue weighted by atomic mass is 16.5. The van der Waals surface area contributed by atoms with Crippen molar-refractivity contribution in [3.05, 3.63) is 35.4 Å². The van der Waals surface area contributed by atoms with Crippen molar-refractivity contribution in [1.82, 2.24) is 15.5 Å². The van der Waals surface area contributed by atoms with Crippen molar-refractivity contribution in [1.29, 1.82) is 0 Å². The summed E-state index contributed by atoms with van der Waals surface area (Å²) < 4.78 is 5.34. The summed E-state index contributed by atoms with van der Waals surface area (Å²) in [5.74, 6) is 0.161. The number of β-amino-alcohol motifs (C(OH)–C–C–N with tert-alkyl or cyclic N) is 1. The van der Waals surface area contributed by atoms with Crippen LogP contribution in [0.3, 0.4) is 0 Å². The van der Waals surface area contributed by atoms with Crippen molar-refractivity contribution < 1.29 is 14.6 Å². The van der Waals surface area contributed by atoms with Gasteiger partial charge in [0.2, 0.25) is 5.91 Å². The second-order valence-corrected chi connectivity index (χ2v) is 7.00. The van der Waals surface area contributed by atoms with Crippen LogP contribution in [0.4, 0.5) is 0 Å². The molecule has 8 nitrogen and oxygen atoms in total. The standard InChI is InChI=1S/C19H31N5O3/c1-3-21-18(22-12-15-5-4-6-16(11-15)17(20)25)23-13-19(2,26)14-24-7-9-27-10-8-24/h4-6,11,26H,3,7-10,12-14H2,1-2H3,(H2,20,25)(H2,21,22,23). The lowest BCUT2D eigenvalue weighted by molar-refractivity contribution is -0.0201. The minimum Gasteiger partial charge on any atom is -0.387 e. The number of morpholine rings is 1. The number of benzene rings is 1. The van der Waals surface area contributed by atoms with Gasteiger partial charge >= 0.3 is 0 Å². The first-order valence-electron chi connectivity index (χ1n) is 9.33. The molecule has 0 aromatic heterocycles. The van der Waals surface area contributed by atoms with Crippen LogP contribution in [-0.2, 0) is 11.3 Å². The zero-order valence-electron chi connectivity index (χ0n) is 16.2. The maximum atomic E-state index is 11.3. The highest BCUT2D eigenvalue weighted by Gasteiger charge is 2.25. The van der Waals surface area contributed by atoms with Crippen LogP contribution in [-0.4, -0.2) is 73.4 Å². The van der Waals surface area contributed by atoms with Gasteiger partial charge in [-0.05, 0) is 31.5 Å². The fourth-order valence-corrected chi connectivity index (χ4v) is 2.91. The van der Waals surface area contributed by atoms with E-state index in [1.54, 1.807) is 18.2 Å². The first-order valence-corrected chi connectivity index (χ1v) is 9.33. The lowest BCUT2D eigenvalue weighted by atomic mass is 10.1. The van der Waals surface area contributed by atoms with Gasteiger partial charge in [-0.1, -0.05) is 12.1 Å². The molecule has 0 aliphatic carbocycles. The van der Waals surface area contributed by atoms with E-state index in [2.05, 4.69) is 20.5 Å². The molecule has 5 N–H and O–H groups in total. The molecule has 1 aromatic carbocycles. The minimum atomic E-state index is -0.889. The molecule has 1 aliphatic rings. The lowest BCUT2D eigenvalue weighted by Gasteiger charge is -2.34. The van der Waals surface area contributed by atoms with E-state index in [1.807, 2.05) is 19.9 Å². The van der Waals surface area contributed by atoms with Gasteiger partial charge < -0.3 is 26.2 Å². The highest BCUT2D eigenvalue weighted by molar-refractivity contribution is 5.92. The number of hydrogen-bond acceptors (Lipinski definition) is 5. The van der Waals surface area contributed by atoms with E-state index in [4.69, 9.17) is 10.5 Å². The van der Waals surface area contributed by atoms with Crippen molar-refractivity contribution in [3.8, 4) is 0 Å². The summed E-state index contributed by atoms with van der Waals surface area (Å²) in [4.78, 5) is 18.0. The molecule has 1 aromatic rings. The SMILES string of the molecule is CCNC(=NCc1cccc(C(N)=O)c1)NCC(C)(O)CN1CCOCC1. The fraction of sp³-hybridized carbons (Fsp3) is 0.579. The third-order valence-electron chi connectivity index (χ3n) is 4.28. The summed E-state index contributed by atoms with van der Waals surface area (Å²) in [5.41, 5.74) is 5.79. The van der Waals surface area contributed by atoms with Crippen molar-refractivity contribution in [3.63, 3.8) is 0 Å². The first-order chi connectivity index (χ1) is 12.9. The number of carbonyl (C=O) groups is 1. The fourth-order valence-electron chi connectivity index (χ4n) is 2.91. The van der Waals surface area contributed by atoms with Crippen molar-refractivity contribution >= 4 is 11.9 Å². The Morgan fingerprint density at radius 1 is 1.37 bits per heavy atom. The van der Waals surface area contributed by atoms with E-state index in [-0.39, 0.29) is 0 Å². The number of guanidine groups is 1. The summed E-state index contributed by atoms with van der Waals surface area (Å²) in [6.07, 6.45) is 0. The van der Waals surface area contributed by atoms with Crippen molar-refractivity contribution in [2.24, 2.45) is 10.7 Å². The monoisotopic (exact) mass is 377 g/mol. The van der Waals surface area contributed by atoms with Gasteiger partial charge in [-0.25, -0.2) is 4.99 Å². The molecule has 27 heavy (non-hydrogen) atoms. The average Bonchev–Trinajstić information content (AvgIpc) is 2.64. The molecule has 1 unspecified atom stereocenters. The third-order valence-corrected chi connectivity index (χ3v) is 4.28. The van der Waals surface area contributed by atoms with Crippen LogP contribution in [0.5, 0.6) is 0 Å². The lowest BCUT2D eigenvalue weighted by Crippen LogP contribution is -2.52. The maximum absolute atomic E-state index is 11.3. The van der Waals surface area contributed by atoms with Crippen LogP contribution in [0.25, 0.3) is 0 Å². The second kappa shape index (κ2) is 10.2. The quantitative estimate of drug-likeness (QED) is 0.373. The number of aliphatic imine (C=N–C) groups is 1. The number of primary amides is 1. The Labute approximate surface area is 160 Å². The zero-order chi connectivity index (χ0) is 19.7. The number of nitrogens with zero attached hydrogens (tertiary/aromatic N) is 2. The number of nitrogens with two attached hydrogens (primary N) is 1. The molecule has 1 aliphatic heterocycles. The molecule has 0 saturated carbocycles. The number of ether oxygens (including phenoxy) is 1. The molecule has 1 saturated heterocycles. The Hall–Kier alpha value is -2.16. The van der Waals surface area contributed by atoms with E-state index in [1.165, 1.54) is 0 Å². The minimum absolute atomic E-state index is 0.373. The Morgan fingerprint density at radius 3 is 2.78 bits per heavy atom. The van der Waals surface area contributed by atoms with Crippen molar-refractivity contribution in [2.75, 3.05) is 45.9 Å². The topological polar surface area (TPSA) is 112 Å². The van der Waals surface area contributed by atoms with Gasteiger partial charge in [0.1, 0.15) is 0 Å². The van der Waals surface area contributed by atoms with E-state index in [9.17, 15) is 9.90 Å². The van der Waals surface area contributed by atoms with Crippen molar-refractivity contribution in [2.45, 2.75) is 26.0 Å². The summed E-state index contributed by atoms with van der Waals surface area (Å²) in [7, 11) is 0. The summed E-state index contributed by atoms with van der Waals surface area (Å²) >= 11 is 0. The van der Waals surface area contributed by atoms with Crippen LogP contribution in [0, 0.1) is 0 Å². The van der Waals surface area contributed by atoms with Gasteiger partial charge in [-0.2, -0.15) is 0 Å². The highest BCUT2D eigenvalue weighted by Crippen LogP contribution is 2.08. The number of nitrogens with one attached hydrogen (secondary N) is 2. The number of hydrogen-bond donors (Lipinski definition) is 4. The predicted molar refractivity (Wildman–Crippen MR) is 106 cm³/mol. The molecule has 1 amide bonds. The van der Waals surface area contributed by atoms with Gasteiger partial charge in [0, 0.05) is 38.3 Å². The molecular formula is C19H31N5O3. The van der Waals surface area contributed by atoms with E-state index in [0.29, 0.717) is 50.9 Å². The van der Waals surface area contributed by atoms with Crippen LogP contribution in [0.2, 0.25) is 0 Å². The van der Waals surface area contributed by atoms with Gasteiger partial charge in [0.15, 0.2) is 5.96 Å². The number of rotatable bonds is 8. The summed E-state index contributed by atoms with van der Waals surface area (Å²) in [5, 5.41) is 17.1. The summed E-state index contributed by atoms with van der Waals surface area (Å²) in [6.45, 7) is 8.94. The predicted octanol–water partition coefficient (Wildman–Crippen LogP) is -0.0762. The molecule has 2 rings (SSSR count). The molecule has 150 valence electrons.